The van der Waals surface area contributed by atoms with E-state index in [4.69, 9.17) is 4.65 Å². The maximum atomic E-state index is 12.4. The van der Waals surface area contributed by atoms with Crippen molar-refractivity contribution in [1.29, 1.82) is 0 Å². The number of benzene rings is 1. The van der Waals surface area contributed by atoms with Crippen LogP contribution in [0.4, 0.5) is 0 Å². The maximum Gasteiger partial charge on any atom is 0.547 e. The van der Waals surface area contributed by atoms with Crippen LogP contribution < -0.4 is 9.97 Å². The number of tetrazole rings is 1. The fourth-order valence-corrected chi connectivity index (χ4v) is 2.96. The van der Waals surface area contributed by atoms with Gasteiger partial charge in [-0.15, -0.1) is 5.10 Å². The number of aromatic nitrogens is 4. The summed E-state index contributed by atoms with van der Waals surface area (Å²) < 4.78 is 7.11. The first-order valence-corrected chi connectivity index (χ1v) is 8.73. The van der Waals surface area contributed by atoms with Gasteiger partial charge in [0, 0.05) is 12.1 Å². The lowest BCUT2D eigenvalue weighted by atomic mass is 9.72. The third-order valence-corrected chi connectivity index (χ3v) is 4.40. The summed E-state index contributed by atoms with van der Waals surface area (Å²) in [4.78, 5) is 14.4. The topological polar surface area (TPSA) is 126 Å². The second-order valence-corrected chi connectivity index (χ2v) is 6.75. The van der Waals surface area contributed by atoms with Crippen LogP contribution in [0.2, 0.25) is 0 Å². The molecule has 0 fully saturated rings. The van der Waals surface area contributed by atoms with E-state index in [1.54, 1.807) is 10.7 Å². The van der Waals surface area contributed by atoms with Gasteiger partial charge in [0.2, 0.25) is 5.91 Å². The van der Waals surface area contributed by atoms with E-state index in [1.165, 1.54) is 0 Å². The lowest BCUT2D eigenvalue weighted by Crippen LogP contribution is -2.53. The number of para-hydroxylation sites is 1. The molecular weight excluding hydrogens is 351 g/mol. The molecule has 1 atom stereocenters. The van der Waals surface area contributed by atoms with Gasteiger partial charge in [0.05, 0.1) is 25.5 Å². The molecule has 0 unspecified atom stereocenters. The van der Waals surface area contributed by atoms with Crippen molar-refractivity contribution in [1.82, 2.24) is 30.4 Å². The second kappa shape index (κ2) is 8.46. The second-order valence-electron chi connectivity index (χ2n) is 6.75. The van der Waals surface area contributed by atoms with Gasteiger partial charge in [-0.25, -0.2) is 4.68 Å². The minimum Gasteiger partial charge on any atom is -0.534 e. The smallest absolute Gasteiger partial charge is 0.534 e. The summed E-state index contributed by atoms with van der Waals surface area (Å²) in [6.07, 6.45) is 0.412. The Labute approximate surface area is 157 Å². The Bertz CT molecular complexity index is 799. The van der Waals surface area contributed by atoms with Gasteiger partial charge in [0.1, 0.15) is 5.75 Å². The Hall–Kier alpha value is -2.50. The van der Waals surface area contributed by atoms with Crippen LogP contribution in [0.15, 0.2) is 18.2 Å². The number of amides is 1. The third-order valence-electron chi connectivity index (χ3n) is 4.40. The van der Waals surface area contributed by atoms with Crippen LogP contribution in [-0.4, -0.2) is 74.8 Å². The maximum absolute atomic E-state index is 12.4. The van der Waals surface area contributed by atoms with Crippen LogP contribution in [0.5, 0.6) is 5.75 Å². The highest BCUT2D eigenvalue weighted by Gasteiger charge is 2.36. The molecule has 0 saturated carbocycles. The Morgan fingerprint density at radius 3 is 3.04 bits per heavy atom. The molecule has 1 aliphatic heterocycles. The van der Waals surface area contributed by atoms with Crippen molar-refractivity contribution in [3.05, 3.63) is 35.2 Å². The zero-order chi connectivity index (χ0) is 19.4. The first-order valence-electron chi connectivity index (χ1n) is 8.73. The molecule has 144 valence electrons. The average molecular weight is 374 g/mol. The minimum atomic E-state index is -1.20. The number of aliphatic hydroxyl groups is 1. The number of carbonyl (C=O) groups is 1. The van der Waals surface area contributed by atoms with Gasteiger partial charge in [0.15, 0.2) is 5.82 Å². The van der Waals surface area contributed by atoms with E-state index in [1.807, 2.05) is 31.1 Å². The first-order chi connectivity index (χ1) is 13.0. The highest BCUT2D eigenvalue weighted by molar-refractivity contribution is 6.46. The first kappa shape index (κ1) is 19.3. The fraction of sp³-hybridized carbons (Fsp3) is 0.500. The van der Waals surface area contributed by atoms with Crippen molar-refractivity contribution in [2.75, 3.05) is 20.6 Å². The molecule has 0 bridgehead atoms. The van der Waals surface area contributed by atoms with E-state index in [2.05, 4.69) is 20.8 Å². The van der Waals surface area contributed by atoms with Gasteiger partial charge < -0.3 is 25.0 Å². The summed E-state index contributed by atoms with van der Waals surface area (Å²) in [6, 6.07) is 5.39. The summed E-state index contributed by atoms with van der Waals surface area (Å²) in [5, 5.41) is 33.8. The van der Waals surface area contributed by atoms with Crippen molar-refractivity contribution in [2.24, 2.45) is 0 Å². The standard InChI is InChI=1S/C16H23BN6O4/c1-22(2)6-7-23-14(19-20-21-23)9-15(25)18-13-8-11-4-3-5-12(10-24)16(11)27-17(13)26/h3-5,13,24,26H,6-10H2,1-2H3,(H,18,25)/t13-/m0/s1. The minimum absolute atomic E-state index is 0.00713. The molecule has 27 heavy (non-hydrogen) atoms. The molecule has 1 aliphatic rings. The van der Waals surface area contributed by atoms with Gasteiger partial charge in [-0.2, -0.15) is 0 Å². The number of fused-ring (bicyclic) bond motifs is 1. The highest BCUT2D eigenvalue weighted by atomic mass is 16.5. The molecule has 0 aliphatic carbocycles. The zero-order valence-corrected chi connectivity index (χ0v) is 15.4. The van der Waals surface area contributed by atoms with Crippen LogP contribution in [0.25, 0.3) is 0 Å². The Morgan fingerprint density at radius 1 is 1.48 bits per heavy atom. The molecule has 2 heterocycles. The van der Waals surface area contributed by atoms with Crippen molar-refractivity contribution in [3.63, 3.8) is 0 Å². The molecule has 3 N–H and O–H groups in total. The number of hydrogen-bond donors (Lipinski definition) is 3. The van der Waals surface area contributed by atoms with E-state index < -0.39 is 13.1 Å². The number of rotatable bonds is 7. The van der Waals surface area contributed by atoms with Crippen molar-refractivity contribution in [3.8, 4) is 5.75 Å². The predicted octanol–water partition coefficient (Wildman–Crippen LogP) is -1.59. The van der Waals surface area contributed by atoms with Crippen molar-refractivity contribution in [2.45, 2.75) is 31.9 Å². The van der Waals surface area contributed by atoms with E-state index in [-0.39, 0.29) is 18.9 Å². The van der Waals surface area contributed by atoms with Crippen LogP contribution in [-0.2, 0) is 30.8 Å². The molecule has 11 heteroatoms. The van der Waals surface area contributed by atoms with Crippen molar-refractivity contribution < 1.29 is 19.6 Å². The van der Waals surface area contributed by atoms with Gasteiger partial charge in [-0.05, 0) is 36.5 Å². The van der Waals surface area contributed by atoms with E-state index >= 15 is 0 Å². The number of aliphatic hydroxyl groups excluding tert-OH is 1. The number of hydrogen-bond acceptors (Lipinski definition) is 8. The molecule has 3 rings (SSSR count). The monoisotopic (exact) mass is 374 g/mol. The SMILES string of the molecule is CN(C)CCn1nnnc1CC(=O)N[C@H]1Cc2cccc(CO)c2OB1O. The highest BCUT2D eigenvalue weighted by Crippen LogP contribution is 2.30. The lowest BCUT2D eigenvalue weighted by Gasteiger charge is -2.29. The Balaban J connectivity index is 1.62. The van der Waals surface area contributed by atoms with Gasteiger partial charge in [-0.1, -0.05) is 18.2 Å². The van der Waals surface area contributed by atoms with Gasteiger partial charge in [0.25, 0.3) is 0 Å². The molecule has 1 aromatic heterocycles. The van der Waals surface area contributed by atoms with Crippen molar-refractivity contribution >= 4 is 13.0 Å². The van der Waals surface area contributed by atoms with Gasteiger partial charge >= 0.3 is 7.12 Å². The summed E-state index contributed by atoms with van der Waals surface area (Å²) >= 11 is 0. The molecular formula is C16H23BN6O4. The molecule has 2 aromatic rings. The normalized spacial score (nSPS) is 16.2. The van der Waals surface area contributed by atoms with E-state index in [0.717, 1.165) is 12.1 Å². The Morgan fingerprint density at radius 2 is 2.30 bits per heavy atom. The average Bonchev–Trinajstić information content (AvgIpc) is 3.07. The molecule has 1 aromatic carbocycles. The molecule has 0 spiro atoms. The van der Waals surface area contributed by atoms with E-state index in [0.29, 0.717) is 30.1 Å². The van der Waals surface area contributed by atoms with Gasteiger partial charge in [-0.3, -0.25) is 4.79 Å². The summed E-state index contributed by atoms with van der Waals surface area (Å²) in [5.74, 6) is 0.0459. The largest absolute Gasteiger partial charge is 0.547 e. The third kappa shape index (κ3) is 4.62. The fourth-order valence-electron chi connectivity index (χ4n) is 2.96. The lowest BCUT2D eigenvalue weighted by molar-refractivity contribution is -0.121. The van der Waals surface area contributed by atoms with Crippen LogP contribution >= 0.6 is 0 Å². The number of likely N-dealkylation sites (N-methyl/N-ethyl adjacent to an activating group) is 1. The predicted molar refractivity (Wildman–Crippen MR) is 96.7 cm³/mol. The van der Waals surface area contributed by atoms with Crippen LogP contribution in [0.1, 0.15) is 17.0 Å². The number of nitrogens with one attached hydrogen (secondary N) is 1. The summed E-state index contributed by atoms with van der Waals surface area (Å²) in [7, 11) is 2.70. The molecule has 0 saturated heterocycles. The quantitative estimate of drug-likeness (QED) is 0.496. The number of nitrogens with zero attached hydrogens (tertiary/aromatic N) is 5. The van der Waals surface area contributed by atoms with E-state index in [9.17, 15) is 14.9 Å². The molecule has 10 nitrogen and oxygen atoms in total. The zero-order valence-electron chi connectivity index (χ0n) is 15.4. The summed E-state index contributed by atoms with van der Waals surface area (Å²) in [5.41, 5.74) is 1.43. The molecule has 0 radical (unpaired) electrons. The molecule has 1 amide bonds. The van der Waals surface area contributed by atoms with Crippen LogP contribution in [0.3, 0.4) is 0 Å². The Kier molecular flexibility index (Phi) is 6.04. The summed E-state index contributed by atoms with van der Waals surface area (Å²) in [6.45, 7) is 1.15. The number of carbonyl (C=O) groups excluding carboxylic acids is 1. The van der Waals surface area contributed by atoms with Crippen LogP contribution in [0, 0.1) is 0 Å².